The molecule has 5 unspecified atom stereocenters. The van der Waals surface area contributed by atoms with Crippen molar-refractivity contribution in [2.24, 2.45) is 17.6 Å². The second kappa shape index (κ2) is 8.24. The number of fused-ring (bicyclic) bond motifs is 1. The van der Waals surface area contributed by atoms with Crippen LogP contribution in [-0.2, 0) is 4.79 Å². The first-order valence-electron chi connectivity index (χ1n) is 11.0. The second-order valence-corrected chi connectivity index (χ2v) is 8.99. The lowest BCUT2D eigenvalue weighted by molar-refractivity contribution is -0.137. The molecule has 5 nitrogen and oxygen atoms in total. The fourth-order valence-electron chi connectivity index (χ4n) is 5.55. The van der Waals surface area contributed by atoms with Crippen molar-refractivity contribution in [1.29, 1.82) is 0 Å². The molecule has 1 aliphatic carbocycles. The van der Waals surface area contributed by atoms with Crippen LogP contribution in [0.5, 0.6) is 0 Å². The number of amides is 2. The van der Waals surface area contributed by atoms with Gasteiger partial charge in [0.15, 0.2) is 0 Å². The molecule has 5 heteroatoms. The van der Waals surface area contributed by atoms with Gasteiger partial charge >= 0.3 is 0 Å². The number of hydrogen-bond donors (Lipinski definition) is 1. The van der Waals surface area contributed by atoms with Gasteiger partial charge in [-0.25, -0.2) is 0 Å². The maximum absolute atomic E-state index is 13.5. The van der Waals surface area contributed by atoms with Gasteiger partial charge in [0.05, 0.1) is 0 Å². The molecule has 3 aliphatic rings. The van der Waals surface area contributed by atoms with E-state index in [0.717, 1.165) is 51.6 Å². The predicted octanol–water partition coefficient (Wildman–Crippen LogP) is 3.05. The minimum absolute atomic E-state index is 0.0223. The Bertz CT molecular complexity index is 705. The number of piperidine rings is 1. The Morgan fingerprint density at radius 2 is 1.82 bits per heavy atom. The van der Waals surface area contributed by atoms with E-state index >= 15 is 0 Å². The Labute approximate surface area is 168 Å². The van der Waals surface area contributed by atoms with Crippen molar-refractivity contribution < 1.29 is 9.59 Å². The fraction of sp³-hybridized carbons (Fsp3) is 0.652. The summed E-state index contributed by atoms with van der Waals surface area (Å²) in [6, 6.07) is 9.46. The van der Waals surface area contributed by atoms with Gasteiger partial charge in [-0.2, -0.15) is 0 Å². The standard InChI is InChI=1S/C23H33N3O2/c1-16(24)19-11-7-13-25(15-19)23(28)21-14-18-10-5-6-12-20(18)26(21)22(27)17-8-3-2-4-9-17/h2-4,8-9,16,18-21H,5-7,10-15,24H2,1H3. The summed E-state index contributed by atoms with van der Waals surface area (Å²) in [5.41, 5.74) is 6.82. The summed E-state index contributed by atoms with van der Waals surface area (Å²) in [7, 11) is 0. The van der Waals surface area contributed by atoms with E-state index in [1.165, 1.54) is 6.42 Å². The van der Waals surface area contributed by atoms with Crippen LogP contribution in [0.4, 0.5) is 0 Å². The molecular weight excluding hydrogens is 350 g/mol. The number of rotatable bonds is 3. The zero-order valence-electron chi connectivity index (χ0n) is 16.9. The summed E-state index contributed by atoms with van der Waals surface area (Å²) in [6.07, 6.45) is 7.43. The van der Waals surface area contributed by atoms with E-state index in [1.807, 2.05) is 47.1 Å². The number of nitrogens with two attached hydrogens (primary N) is 1. The minimum atomic E-state index is -0.312. The number of nitrogens with zero attached hydrogens (tertiary/aromatic N) is 2. The Kier molecular flexibility index (Phi) is 5.72. The Morgan fingerprint density at radius 1 is 1.07 bits per heavy atom. The molecule has 1 aromatic carbocycles. The summed E-state index contributed by atoms with van der Waals surface area (Å²) in [5.74, 6) is 0.988. The first-order valence-corrected chi connectivity index (χ1v) is 11.0. The summed E-state index contributed by atoms with van der Waals surface area (Å²) < 4.78 is 0. The van der Waals surface area contributed by atoms with Crippen molar-refractivity contribution in [2.75, 3.05) is 13.1 Å². The monoisotopic (exact) mass is 383 g/mol. The van der Waals surface area contributed by atoms with Crippen LogP contribution in [0.3, 0.4) is 0 Å². The molecule has 28 heavy (non-hydrogen) atoms. The topological polar surface area (TPSA) is 66.6 Å². The molecule has 2 amide bonds. The van der Waals surface area contributed by atoms with E-state index in [-0.39, 0.29) is 29.9 Å². The molecule has 1 aromatic rings. The van der Waals surface area contributed by atoms with Gasteiger partial charge in [-0.15, -0.1) is 0 Å². The highest BCUT2D eigenvalue weighted by atomic mass is 16.2. The molecule has 4 rings (SSSR count). The van der Waals surface area contributed by atoms with Gasteiger partial charge in [-0.3, -0.25) is 9.59 Å². The lowest BCUT2D eigenvalue weighted by atomic mass is 9.84. The average Bonchev–Trinajstić information content (AvgIpc) is 3.13. The third kappa shape index (κ3) is 3.69. The van der Waals surface area contributed by atoms with Gasteiger partial charge in [0, 0.05) is 30.7 Å². The number of likely N-dealkylation sites (tertiary alicyclic amines) is 2. The van der Waals surface area contributed by atoms with Crippen molar-refractivity contribution in [3.05, 3.63) is 35.9 Å². The summed E-state index contributed by atoms with van der Waals surface area (Å²) in [4.78, 5) is 30.9. The highest BCUT2D eigenvalue weighted by Gasteiger charge is 2.48. The van der Waals surface area contributed by atoms with Crippen molar-refractivity contribution in [1.82, 2.24) is 9.80 Å². The van der Waals surface area contributed by atoms with E-state index in [0.29, 0.717) is 17.4 Å². The lowest BCUT2D eigenvalue weighted by Crippen LogP contribution is -2.53. The van der Waals surface area contributed by atoms with Crippen LogP contribution in [0, 0.1) is 11.8 Å². The molecule has 152 valence electrons. The molecule has 5 atom stereocenters. The Balaban J connectivity index is 1.58. The number of carbonyl (C=O) groups is 2. The van der Waals surface area contributed by atoms with E-state index in [9.17, 15) is 9.59 Å². The zero-order chi connectivity index (χ0) is 19.7. The normalized spacial score (nSPS) is 31.4. The van der Waals surface area contributed by atoms with Gasteiger partial charge in [0.2, 0.25) is 5.91 Å². The highest BCUT2D eigenvalue weighted by molar-refractivity contribution is 5.98. The van der Waals surface area contributed by atoms with E-state index in [2.05, 4.69) is 0 Å². The summed E-state index contributed by atoms with van der Waals surface area (Å²) >= 11 is 0. The van der Waals surface area contributed by atoms with Crippen molar-refractivity contribution in [3.8, 4) is 0 Å². The van der Waals surface area contributed by atoms with Crippen LogP contribution in [0.25, 0.3) is 0 Å². The smallest absolute Gasteiger partial charge is 0.254 e. The molecule has 1 saturated carbocycles. The van der Waals surface area contributed by atoms with Gasteiger partial charge in [-0.1, -0.05) is 31.0 Å². The molecular formula is C23H33N3O2. The summed E-state index contributed by atoms with van der Waals surface area (Å²) in [6.45, 7) is 3.56. The number of benzene rings is 1. The lowest BCUT2D eigenvalue weighted by Gasteiger charge is -2.39. The van der Waals surface area contributed by atoms with E-state index in [4.69, 9.17) is 5.73 Å². The SMILES string of the molecule is CC(N)C1CCCN(C(=O)C2CC3CCCCC3N2C(=O)c2ccccc2)C1. The molecule has 0 bridgehead atoms. The summed E-state index contributed by atoms with van der Waals surface area (Å²) in [5, 5.41) is 0. The molecule has 3 fully saturated rings. The molecule has 2 aliphatic heterocycles. The second-order valence-electron chi connectivity index (χ2n) is 8.99. The predicted molar refractivity (Wildman–Crippen MR) is 110 cm³/mol. The zero-order valence-corrected chi connectivity index (χ0v) is 16.9. The molecule has 0 spiro atoms. The van der Waals surface area contributed by atoms with Crippen LogP contribution >= 0.6 is 0 Å². The Hall–Kier alpha value is -1.88. The van der Waals surface area contributed by atoms with Crippen LogP contribution in [0.1, 0.15) is 62.2 Å². The number of hydrogen-bond acceptors (Lipinski definition) is 3. The van der Waals surface area contributed by atoms with Gasteiger partial charge in [0.25, 0.3) is 5.91 Å². The van der Waals surface area contributed by atoms with Crippen LogP contribution in [-0.4, -0.2) is 52.8 Å². The molecule has 0 aromatic heterocycles. The molecule has 2 N–H and O–H groups in total. The van der Waals surface area contributed by atoms with Crippen LogP contribution in [0.2, 0.25) is 0 Å². The van der Waals surface area contributed by atoms with Gasteiger partial charge in [-0.05, 0) is 63.0 Å². The molecule has 2 heterocycles. The van der Waals surface area contributed by atoms with Gasteiger partial charge in [0.1, 0.15) is 6.04 Å². The molecule has 2 saturated heterocycles. The minimum Gasteiger partial charge on any atom is -0.341 e. The van der Waals surface area contributed by atoms with Gasteiger partial charge < -0.3 is 15.5 Å². The van der Waals surface area contributed by atoms with E-state index in [1.54, 1.807) is 0 Å². The quantitative estimate of drug-likeness (QED) is 0.872. The maximum atomic E-state index is 13.5. The van der Waals surface area contributed by atoms with E-state index < -0.39 is 0 Å². The number of carbonyl (C=O) groups excluding carboxylic acids is 2. The third-order valence-corrected chi connectivity index (χ3v) is 7.14. The average molecular weight is 384 g/mol. The first kappa shape index (κ1) is 19.4. The van der Waals surface area contributed by atoms with Crippen LogP contribution < -0.4 is 5.73 Å². The Morgan fingerprint density at radius 3 is 2.57 bits per heavy atom. The fourth-order valence-corrected chi connectivity index (χ4v) is 5.55. The van der Waals surface area contributed by atoms with Crippen molar-refractivity contribution in [3.63, 3.8) is 0 Å². The van der Waals surface area contributed by atoms with Crippen LogP contribution in [0.15, 0.2) is 30.3 Å². The molecule has 0 radical (unpaired) electrons. The maximum Gasteiger partial charge on any atom is 0.254 e. The van der Waals surface area contributed by atoms with Crippen molar-refractivity contribution in [2.45, 2.75) is 70.0 Å². The third-order valence-electron chi connectivity index (χ3n) is 7.14. The highest BCUT2D eigenvalue weighted by Crippen LogP contribution is 2.41. The van der Waals surface area contributed by atoms with Crippen molar-refractivity contribution >= 4 is 11.8 Å². The largest absolute Gasteiger partial charge is 0.341 e. The first-order chi connectivity index (χ1) is 13.6.